The first-order chi connectivity index (χ1) is 8.27. The van der Waals surface area contributed by atoms with Gasteiger partial charge in [-0.2, -0.15) is 0 Å². The smallest absolute Gasteiger partial charge is 0.404 e. The van der Waals surface area contributed by atoms with Gasteiger partial charge in [-0.1, -0.05) is 18.2 Å². The number of nitrogens with zero attached hydrogens (tertiary/aromatic N) is 1. The number of aryl methyl sites for hydroxylation is 1. The number of rotatable bonds is 5. The van der Waals surface area contributed by atoms with Crippen molar-refractivity contribution in [2.45, 2.75) is 19.4 Å². The third-order valence-corrected chi connectivity index (χ3v) is 2.78. The quantitative estimate of drug-likeness (QED) is 0.779. The summed E-state index contributed by atoms with van der Waals surface area (Å²) in [5.74, 6) is 0. The van der Waals surface area contributed by atoms with Crippen LogP contribution in [0.15, 0.2) is 36.5 Å². The Labute approximate surface area is 99.9 Å². The second-order valence-corrected chi connectivity index (χ2v) is 4.01. The topological polar surface area (TPSA) is 54.3 Å². The number of amides is 1. The van der Waals surface area contributed by atoms with E-state index < -0.39 is 6.09 Å². The van der Waals surface area contributed by atoms with Gasteiger partial charge in [-0.25, -0.2) is 4.79 Å². The molecule has 1 aromatic carbocycles. The summed E-state index contributed by atoms with van der Waals surface area (Å²) in [7, 11) is 0. The monoisotopic (exact) mass is 232 g/mol. The normalized spacial score (nSPS) is 10.6. The predicted octanol–water partition coefficient (Wildman–Crippen LogP) is 2.69. The molecule has 0 spiro atoms. The van der Waals surface area contributed by atoms with E-state index in [0.717, 1.165) is 19.4 Å². The van der Waals surface area contributed by atoms with Crippen molar-refractivity contribution in [3.05, 3.63) is 36.5 Å². The summed E-state index contributed by atoms with van der Waals surface area (Å²) in [6.45, 7) is 1.45. The number of fused-ring (bicyclic) bond motifs is 1. The highest BCUT2D eigenvalue weighted by Gasteiger charge is 1.99. The van der Waals surface area contributed by atoms with Crippen LogP contribution < -0.4 is 5.32 Å². The van der Waals surface area contributed by atoms with E-state index in [1.54, 1.807) is 0 Å². The first-order valence-corrected chi connectivity index (χ1v) is 5.78. The van der Waals surface area contributed by atoms with Crippen molar-refractivity contribution < 1.29 is 9.90 Å². The zero-order valence-corrected chi connectivity index (χ0v) is 9.60. The van der Waals surface area contributed by atoms with Gasteiger partial charge in [0.1, 0.15) is 0 Å². The molecular formula is C13H16N2O2. The van der Waals surface area contributed by atoms with E-state index in [0.29, 0.717) is 6.54 Å². The number of benzene rings is 1. The van der Waals surface area contributed by atoms with Gasteiger partial charge in [0, 0.05) is 24.8 Å². The summed E-state index contributed by atoms with van der Waals surface area (Å²) < 4.78 is 2.20. The minimum Gasteiger partial charge on any atom is -0.465 e. The summed E-state index contributed by atoms with van der Waals surface area (Å²) in [4.78, 5) is 10.2. The SMILES string of the molecule is O=C(O)NCCCCn1ccc2ccccc21. The van der Waals surface area contributed by atoms with Crippen molar-refractivity contribution >= 4 is 17.0 Å². The fraction of sp³-hybridized carbons (Fsp3) is 0.308. The number of para-hydroxylation sites is 1. The predicted molar refractivity (Wildman–Crippen MR) is 67.2 cm³/mol. The van der Waals surface area contributed by atoms with Gasteiger partial charge in [0.2, 0.25) is 0 Å². The number of aromatic nitrogens is 1. The summed E-state index contributed by atoms with van der Waals surface area (Å²) >= 11 is 0. The molecule has 4 nitrogen and oxygen atoms in total. The molecule has 0 fully saturated rings. The van der Waals surface area contributed by atoms with Crippen LogP contribution in [0.2, 0.25) is 0 Å². The minimum atomic E-state index is -0.948. The molecule has 0 saturated carbocycles. The van der Waals surface area contributed by atoms with Gasteiger partial charge in [0.15, 0.2) is 0 Å². The molecule has 2 N–H and O–H groups in total. The van der Waals surface area contributed by atoms with Crippen molar-refractivity contribution in [2.24, 2.45) is 0 Å². The second kappa shape index (κ2) is 5.39. The first kappa shape index (κ1) is 11.5. The minimum absolute atomic E-state index is 0.522. The molecule has 0 aliphatic carbocycles. The van der Waals surface area contributed by atoms with E-state index in [1.165, 1.54) is 10.9 Å². The molecular weight excluding hydrogens is 216 g/mol. The molecule has 1 aromatic heterocycles. The zero-order valence-electron chi connectivity index (χ0n) is 9.60. The average molecular weight is 232 g/mol. The van der Waals surface area contributed by atoms with Gasteiger partial charge in [-0.15, -0.1) is 0 Å². The highest BCUT2D eigenvalue weighted by atomic mass is 16.4. The molecule has 1 amide bonds. The fourth-order valence-electron chi connectivity index (χ4n) is 1.94. The van der Waals surface area contributed by atoms with E-state index in [-0.39, 0.29) is 0 Å². The molecule has 1 heterocycles. The van der Waals surface area contributed by atoms with Gasteiger partial charge < -0.3 is 15.0 Å². The average Bonchev–Trinajstić information content (AvgIpc) is 2.72. The van der Waals surface area contributed by atoms with Gasteiger partial charge >= 0.3 is 6.09 Å². The van der Waals surface area contributed by atoms with Crippen molar-refractivity contribution in [3.63, 3.8) is 0 Å². The fourth-order valence-corrected chi connectivity index (χ4v) is 1.94. The Morgan fingerprint density at radius 3 is 2.88 bits per heavy atom. The molecule has 2 aromatic rings. The molecule has 0 radical (unpaired) electrons. The maximum atomic E-state index is 10.2. The van der Waals surface area contributed by atoms with Crippen LogP contribution in [-0.2, 0) is 6.54 Å². The lowest BCUT2D eigenvalue weighted by Crippen LogP contribution is -2.21. The molecule has 0 unspecified atom stereocenters. The molecule has 4 heteroatoms. The number of nitrogens with one attached hydrogen (secondary N) is 1. The highest BCUT2D eigenvalue weighted by molar-refractivity contribution is 5.79. The second-order valence-electron chi connectivity index (χ2n) is 4.01. The van der Waals surface area contributed by atoms with E-state index in [2.05, 4.69) is 34.3 Å². The Morgan fingerprint density at radius 1 is 1.24 bits per heavy atom. The van der Waals surface area contributed by atoms with Crippen LogP contribution in [0.25, 0.3) is 10.9 Å². The van der Waals surface area contributed by atoms with Crippen LogP contribution >= 0.6 is 0 Å². The van der Waals surface area contributed by atoms with Crippen LogP contribution in [-0.4, -0.2) is 22.3 Å². The Morgan fingerprint density at radius 2 is 2.06 bits per heavy atom. The molecule has 0 saturated heterocycles. The van der Waals surface area contributed by atoms with Crippen molar-refractivity contribution in [3.8, 4) is 0 Å². The lowest BCUT2D eigenvalue weighted by atomic mass is 10.2. The van der Waals surface area contributed by atoms with Crippen molar-refractivity contribution in [2.75, 3.05) is 6.54 Å². The van der Waals surface area contributed by atoms with Crippen LogP contribution in [0.4, 0.5) is 4.79 Å². The maximum Gasteiger partial charge on any atom is 0.404 e. The number of unbranched alkanes of at least 4 members (excludes halogenated alkanes) is 1. The molecule has 2 rings (SSSR count). The summed E-state index contributed by atoms with van der Waals surface area (Å²) in [5.41, 5.74) is 1.23. The molecule has 0 aliphatic rings. The van der Waals surface area contributed by atoms with Crippen LogP contribution in [0, 0.1) is 0 Å². The van der Waals surface area contributed by atoms with Crippen LogP contribution in [0.5, 0.6) is 0 Å². The standard InChI is InChI=1S/C13H16N2O2/c16-13(17)14-8-3-4-9-15-10-7-11-5-1-2-6-12(11)15/h1-2,5-7,10,14H,3-4,8-9H2,(H,16,17). The number of carboxylic acid groups (broad SMARTS) is 1. The number of hydrogen-bond donors (Lipinski definition) is 2. The summed E-state index contributed by atoms with van der Waals surface area (Å²) in [6, 6.07) is 10.4. The van der Waals surface area contributed by atoms with E-state index in [9.17, 15) is 4.79 Å². The Hall–Kier alpha value is -1.97. The molecule has 0 atom stereocenters. The van der Waals surface area contributed by atoms with E-state index in [1.807, 2.05) is 12.1 Å². The molecule has 90 valence electrons. The lowest BCUT2D eigenvalue weighted by Gasteiger charge is -2.05. The zero-order chi connectivity index (χ0) is 12.1. The van der Waals surface area contributed by atoms with Gasteiger partial charge in [-0.05, 0) is 30.4 Å². The van der Waals surface area contributed by atoms with E-state index in [4.69, 9.17) is 5.11 Å². The Bertz CT molecular complexity index is 505. The first-order valence-electron chi connectivity index (χ1n) is 5.78. The summed E-state index contributed by atoms with van der Waals surface area (Å²) in [6.07, 6.45) is 2.96. The third-order valence-electron chi connectivity index (χ3n) is 2.78. The Kier molecular flexibility index (Phi) is 3.65. The third kappa shape index (κ3) is 3.00. The van der Waals surface area contributed by atoms with Gasteiger partial charge in [0.25, 0.3) is 0 Å². The van der Waals surface area contributed by atoms with Crippen molar-refractivity contribution in [1.29, 1.82) is 0 Å². The lowest BCUT2D eigenvalue weighted by molar-refractivity contribution is 0.194. The number of hydrogen-bond acceptors (Lipinski definition) is 1. The van der Waals surface area contributed by atoms with Crippen molar-refractivity contribution in [1.82, 2.24) is 9.88 Å². The van der Waals surface area contributed by atoms with Crippen LogP contribution in [0.1, 0.15) is 12.8 Å². The molecule has 17 heavy (non-hydrogen) atoms. The van der Waals surface area contributed by atoms with Gasteiger partial charge in [0.05, 0.1) is 0 Å². The number of carbonyl (C=O) groups is 1. The summed E-state index contributed by atoms with van der Waals surface area (Å²) in [5, 5.41) is 12.0. The largest absolute Gasteiger partial charge is 0.465 e. The van der Waals surface area contributed by atoms with E-state index >= 15 is 0 Å². The molecule has 0 aliphatic heterocycles. The molecule has 0 bridgehead atoms. The maximum absolute atomic E-state index is 10.2. The Balaban J connectivity index is 1.85. The highest BCUT2D eigenvalue weighted by Crippen LogP contribution is 2.15. The van der Waals surface area contributed by atoms with Gasteiger partial charge in [-0.3, -0.25) is 0 Å². The van der Waals surface area contributed by atoms with Crippen LogP contribution in [0.3, 0.4) is 0 Å².